The Morgan fingerprint density at radius 1 is 1.29 bits per heavy atom. The number of aromatic nitrogens is 5. The minimum absolute atomic E-state index is 0.154. The van der Waals surface area contributed by atoms with Gasteiger partial charge in [-0.3, -0.25) is 4.68 Å². The number of likely N-dealkylation sites (tertiary alicyclic amines) is 1. The topological polar surface area (TPSA) is 102 Å². The fourth-order valence-corrected chi connectivity index (χ4v) is 5.18. The van der Waals surface area contributed by atoms with Crippen LogP contribution < -0.4 is 5.32 Å². The summed E-state index contributed by atoms with van der Waals surface area (Å²) in [6.07, 6.45) is -0.706. The van der Waals surface area contributed by atoms with Gasteiger partial charge in [-0.1, -0.05) is 13.3 Å². The number of hydrogen-bond donors (Lipinski definition) is 1. The first kappa shape index (κ1) is 23.2. The molecule has 186 valence electrons. The van der Waals surface area contributed by atoms with E-state index in [9.17, 15) is 22.4 Å². The molecule has 2 bridgehead atoms. The molecule has 2 aromatic heterocycles. The molecule has 5 rings (SSSR count). The molecule has 2 amide bonds. The van der Waals surface area contributed by atoms with Gasteiger partial charge in [-0.25, -0.2) is 14.2 Å². The maximum Gasteiger partial charge on any atom is 0.417 e. The standard InChI is InChI=1S/C22H23F4N7O2/c1-11-5-4-6-21(19-30-29-12(2)35-19)9-17(11)33(21)20(34)28-16-7-13(18-27-10-32(3)31-18)14(8-15(16)23)22(24,25)26/h7-8,10-11,17H,4-6,9H2,1-3H3,(H,28,34). The molecule has 1 saturated heterocycles. The second kappa shape index (κ2) is 8.02. The van der Waals surface area contributed by atoms with Crippen molar-refractivity contribution in [1.82, 2.24) is 29.9 Å². The molecule has 2 fully saturated rings. The van der Waals surface area contributed by atoms with Crippen LogP contribution in [0.5, 0.6) is 0 Å². The average molecular weight is 493 g/mol. The average Bonchev–Trinajstić information content (AvgIpc) is 3.31. The van der Waals surface area contributed by atoms with Gasteiger partial charge in [0, 0.05) is 32.0 Å². The Labute approximate surface area is 197 Å². The van der Waals surface area contributed by atoms with E-state index < -0.39 is 40.4 Å². The Bertz CT molecular complexity index is 1290. The summed E-state index contributed by atoms with van der Waals surface area (Å²) in [5.41, 5.74) is -2.91. The molecule has 1 N–H and O–H groups in total. The molecule has 9 nitrogen and oxygen atoms in total. The van der Waals surface area contributed by atoms with Crippen LogP contribution in [0.15, 0.2) is 22.9 Å². The van der Waals surface area contributed by atoms with Crippen LogP contribution >= 0.6 is 0 Å². The first-order chi connectivity index (χ1) is 16.5. The lowest BCUT2D eigenvalue weighted by Crippen LogP contribution is -2.67. The molecule has 35 heavy (non-hydrogen) atoms. The Hall–Kier alpha value is -3.51. The van der Waals surface area contributed by atoms with E-state index in [0.717, 1.165) is 18.9 Å². The van der Waals surface area contributed by atoms with Gasteiger partial charge in [0.25, 0.3) is 0 Å². The quantitative estimate of drug-likeness (QED) is 0.533. The van der Waals surface area contributed by atoms with E-state index in [1.165, 1.54) is 18.1 Å². The summed E-state index contributed by atoms with van der Waals surface area (Å²) in [5.74, 6) is -0.617. The molecule has 0 spiro atoms. The van der Waals surface area contributed by atoms with Crippen LogP contribution in [0.3, 0.4) is 0 Å². The van der Waals surface area contributed by atoms with Crippen molar-refractivity contribution in [3.63, 3.8) is 0 Å². The number of halogens is 4. The van der Waals surface area contributed by atoms with Gasteiger partial charge in [-0.2, -0.15) is 18.3 Å². The van der Waals surface area contributed by atoms with Gasteiger partial charge in [0.1, 0.15) is 17.7 Å². The largest absolute Gasteiger partial charge is 0.423 e. The van der Waals surface area contributed by atoms with Gasteiger partial charge < -0.3 is 14.6 Å². The first-order valence-electron chi connectivity index (χ1n) is 11.2. The van der Waals surface area contributed by atoms with Crippen molar-refractivity contribution >= 4 is 11.7 Å². The maximum absolute atomic E-state index is 14.9. The van der Waals surface area contributed by atoms with Gasteiger partial charge in [0.05, 0.1) is 11.3 Å². The number of nitrogens with zero attached hydrogens (tertiary/aromatic N) is 6. The van der Waals surface area contributed by atoms with Crippen LogP contribution in [-0.2, 0) is 18.8 Å². The molecule has 13 heteroatoms. The van der Waals surface area contributed by atoms with E-state index in [2.05, 4.69) is 25.6 Å². The van der Waals surface area contributed by atoms with Crippen LogP contribution in [-0.4, -0.2) is 41.9 Å². The maximum atomic E-state index is 14.9. The van der Waals surface area contributed by atoms with Gasteiger partial charge in [0.2, 0.25) is 11.8 Å². The number of carbonyl (C=O) groups excluding carboxylic acids is 1. The van der Waals surface area contributed by atoms with E-state index in [0.29, 0.717) is 30.7 Å². The number of carbonyl (C=O) groups is 1. The minimum atomic E-state index is -4.85. The molecular formula is C22H23F4N7O2. The zero-order valence-corrected chi connectivity index (χ0v) is 19.2. The van der Waals surface area contributed by atoms with Crippen molar-refractivity contribution in [2.24, 2.45) is 13.0 Å². The normalized spacial score (nSPS) is 24.1. The molecular weight excluding hydrogens is 470 g/mol. The minimum Gasteiger partial charge on any atom is -0.423 e. The number of amides is 2. The molecule has 0 radical (unpaired) electrons. The van der Waals surface area contributed by atoms with Gasteiger partial charge in [-0.05, 0) is 30.9 Å². The van der Waals surface area contributed by atoms with Crippen molar-refractivity contribution in [2.75, 3.05) is 5.32 Å². The fraction of sp³-hybridized carbons (Fsp3) is 0.500. The van der Waals surface area contributed by atoms with Gasteiger partial charge in [0.15, 0.2) is 5.82 Å². The van der Waals surface area contributed by atoms with Crippen LogP contribution in [0, 0.1) is 18.7 Å². The summed E-state index contributed by atoms with van der Waals surface area (Å²) in [6, 6.07) is 0.468. The monoisotopic (exact) mass is 493 g/mol. The highest BCUT2D eigenvalue weighted by molar-refractivity contribution is 5.92. The zero-order valence-electron chi connectivity index (χ0n) is 19.2. The van der Waals surface area contributed by atoms with Gasteiger partial charge >= 0.3 is 12.2 Å². The fourth-order valence-electron chi connectivity index (χ4n) is 5.18. The first-order valence-corrected chi connectivity index (χ1v) is 11.2. The summed E-state index contributed by atoms with van der Waals surface area (Å²) < 4.78 is 62.7. The smallest absolute Gasteiger partial charge is 0.417 e. The Morgan fingerprint density at radius 2 is 2.06 bits per heavy atom. The molecule has 3 aromatic rings. The zero-order chi connectivity index (χ0) is 25.1. The predicted octanol–water partition coefficient (Wildman–Crippen LogP) is 4.65. The number of aryl methyl sites for hydroxylation is 2. The predicted molar refractivity (Wildman–Crippen MR) is 114 cm³/mol. The van der Waals surface area contributed by atoms with E-state index >= 15 is 0 Å². The molecule has 1 aromatic carbocycles. The van der Waals surface area contributed by atoms with E-state index in [-0.39, 0.29) is 17.8 Å². The third kappa shape index (κ3) is 3.82. The number of fused-ring (bicyclic) bond motifs is 2. The number of nitrogens with one attached hydrogen (secondary N) is 1. The Morgan fingerprint density at radius 3 is 2.69 bits per heavy atom. The SMILES string of the molecule is Cc1nnc(C23CCCC(C)C(C2)N3C(=O)Nc2cc(-c3ncn(C)n3)c(C(F)(F)F)cc2F)o1. The second-order valence-electron chi connectivity index (χ2n) is 9.22. The molecule has 3 heterocycles. The van der Waals surface area contributed by atoms with E-state index in [4.69, 9.17) is 4.42 Å². The van der Waals surface area contributed by atoms with Crippen LogP contribution in [0.1, 0.15) is 50.0 Å². The number of hydrogen-bond acceptors (Lipinski definition) is 6. The lowest BCUT2D eigenvalue weighted by Gasteiger charge is -2.56. The van der Waals surface area contributed by atoms with Crippen molar-refractivity contribution in [3.05, 3.63) is 41.6 Å². The lowest BCUT2D eigenvalue weighted by molar-refractivity contribution is -0.137. The van der Waals surface area contributed by atoms with E-state index in [1.807, 2.05) is 6.92 Å². The summed E-state index contributed by atoms with van der Waals surface area (Å²) in [4.78, 5) is 18.9. The third-order valence-electron chi connectivity index (χ3n) is 6.88. The highest BCUT2D eigenvalue weighted by atomic mass is 19.4. The second-order valence-corrected chi connectivity index (χ2v) is 9.22. The number of anilines is 1. The summed E-state index contributed by atoms with van der Waals surface area (Å²) >= 11 is 0. The summed E-state index contributed by atoms with van der Waals surface area (Å²) in [7, 11) is 1.50. The number of rotatable bonds is 3. The molecule has 1 aliphatic heterocycles. The number of benzene rings is 1. The lowest BCUT2D eigenvalue weighted by atomic mass is 9.74. The molecule has 3 unspecified atom stereocenters. The highest BCUT2D eigenvalue weighted by Crippen LogP contribution is 2.54. The van der Waals surface area contributed by atoms with Crippen molar-refractivity contribution in [2.45, 2.75) is 57.3 Å². The molecule has 1 saturated carbocycles. The molecule has 1 aliphatic carbocycles. The van der Waals surface area contributed by atoms with Crippen molar-refractivity contribution < 1.29 is 26.8 Å². The van der Waals surface area contributed by atoms with Crippen LogP contribution in [0.25, 0.3) is 11.4 Å². The van der Waals surface area contributed by atoms with E-state index in [1.54, 1.807) is 11.8 Å². The highest BCUT2D eigenvalue weighted by Gasteiger charge is 2.61. The summed E-state index contributed by atoms with van der Waals surface area (Å²) in [6.45, 7) is 3.68. The third-order valence-corrected chi connectivity index (χ3v) is 6.88. The number of urea groups is 1. The van der Waals surface area contributed by atoms with Crippen LogP contribution in [0.2, 0.25) is 0 Å². The van der Waals surface area contributed by atoms with Crippen LogP contribution in [0.4, 0.5) is 28.0 Å². The van der Waals surface area contributed by atoms with Crippen molar-refractivity contribution in [3.8, 4) is 11.4 Å². The number of alkyl halides is 3. The Balaban J connectivity index is 1.52. The van der Waals surface area contributed by atoms with Gasteiger partial charge in [-0.15, -0.1) is 10.2 Å². The Kier molecular flexibility index (Phi) is 5.33. The molecule has 2 aliphatic rings. The van der Waals surface area contributed by atoms with Crippen molar-refractivity contribution in [1.29, 1.82) is 0 Å². The summed E-state index contributed by atoms with van der Waals surface area (Å²) in [5, 5.41) is 14.4. The molecule has 3 atom stereocenters.